The molecule has 5 heterocycles. The van der Waals surface area contributed by atoms with Gasteiger partial charge < -0.3 is 54.7 Å². The molecular formula is C55H54F2N8O14S. The lowest BCUT2D eigenvalue weighted by Gasteiger charge is -2.46. The van der Waals surface area contributed by atoms with Gasteiger partial charge in [0.25, 0.3) is 0 Å². The summed E-state index contributed by atoms with van der Waals surface area (Å²) in [5.74, 6) is -4.94. The van der Waals surface area contributed by atoms with E-state index in [1.165, 1.54) is 59.9 Å². The number of nitrogens with one attached hydrogen (secondary N) is 1. The number of fused-ring (bicyclic) bond motifs is 4. The highest BCUT2D eigenvalue weighted by atomic mass is 32.2. The number of carbonyl (C=O) groups excluding carboxylic acids is 4. The molecule has 0 bridgehead atoms. The van der Waals surface area contributed by atoms with Crippen molar-refractivity contribution in [2.45, 2.75) is 105 Å². The Bertz CT molecular complexity index is 3320. The fourth-order valence-electron chi connectivity index (χ4n) is 9.99. The Morgan fingerprint density at radius 3 is 1.73 bits per heavy atom. The SMILES string of the molecule is O=C(O)CCC(=O)OC[C@H]1O[C@@H](S[C@@H]2O[C@H](COC(=O)CCC(=O)NCCC(=O)N3Cc4ccccc4C4=C(C4)c4ccccc43)[C@H](O)[C@H](n3cc(-c4cccc(F)c4)nn3)[C@H]2O)[C@H](O)[C@@H](n2cc(-c3cccc(F)c3)nn2)[C@H]1O. The molecule has 10 rings (SSSR count). The zero-order valence-electron chi connectivity index (χ0n) is 42.4. The summed E-state index contributed by atoms with van der Waals surface area (Å²) in [5.41, 5.74) is 4.30. The van der Waals surface area contributed by atoms with Crippen LogP contribution in [0.5, 0.6) is 0 Å². The molecule has 0 unspecified atom stereocenters. The van der Waals surface area contributed by atoms with Crippen molar-refractivity contribution in [3.05, 3.63) is 138 Å². The summed E-state index contributed by atoms with van der Waals surface area (Å²) in [4.78, 5) is 65.6. The van der Waals surface area contributed by atoms with Gasteiger partial charge in [0.15, 0.2) is 0 Å². The minimum Gasteiger partial charge on any atom is -0.481 e. The predicted octanol–water partition coefficient (Wildman–Crippen LogP) is 3.99. The summed E-state index contributed by atoms with van der Waals surface area (Å²) >= 11 is 0.660. The van der Waals surface area contributed by atoms with Gasteiger partial charge in [-0.2, -0.15) is 0 Å². The lowest BCUT2D eigenvalue weighted by atomic mass is 9.97. The number of carbonyl (C=O) groups is 5. The number of aliphatic hydroxyl groups is 4. The van der Waals surface area contributed by atoms with Crippen LogP contribution in [0, 0.1) is 11.6 Å². The molecule has 4 aromatic carbocycles. The molecule has 0 spiro atoms. The number of thioether (sulfide) groups is 1. The number of para-hydroxylation sites is 1. The maximum absolute atomic E-state index is 14.3. The van der Waals surface area contributed by atoms with Crippen molar-refractivity contribution < 1.29 is 77.2 Å². The van der Waals surface area contributed by atoms with Crippen LogP contribution in [-0.2, 0) is 49.5 Å². The Morgan fingerprint density at radius 1 is 0.637 bits per heavy atom. The molecule has 6 aromatic rings. The number of aliphatic carboxylic acids is 1. The van der Waals surface area contributed by atoms with Gasteiger partial charge in [-0.3, -0.25) is 24.0 Å². The van der Waals surface area contributed by atoms with Crippen LogP contribution in [0.4, 0.5) is 14.5 Å². The molecule has 25 heteroatoms. The van der Waals surface area contributed by atoms with Gasteiger partial charge >= 0.3 is 17.9 Å². The van der Waals surface area contributed by atoms with Crippen molar-refractivity contribution in [1.82, 2.24) is 35.3 Å². The second-order valence-corrected chi connectivity index (χ2v) is 20.7. The van der Waals surface area contributed by atoms with Crippen LogP contribution in [0.1, 0.15) is 67.3 Å². The largest absolute Gasteiger partial charge is 0.481 e. The maximum atomic E-state index is 14.3. The molecule has 10 atom stereocenters. The van der Waals surface area contributed by atoms with E-state index in [1.54, 1.807) is 17.0 Å². The Hall–Kier alpha value is -7.78. The fraction of sp³-hybridized carbons (Fsp3) is 0.364. The number of amides is 2. The molecule has 2 saturated heterocycles. The second kappa shape index (κ2) is 24.3. The van der Waals surface area contributed by atoms with Crippen molar-refractivity contribution in [3.63, 3.8) is 0 Å². The lowest BCUT2D eigenvalue weighted by Crippen LogP contribution is -2.58. The third kappa shape index (κ3) is 12.5. The van der Waals surface area contributed by atoms with Crippen molar-refractivity contribution in [2.75, 3.05) is 24.7 Å². The molecule has 80 heavy (non-hydrogen) atoms. The van der Waals surface area contributed by atoms with E-state index < -0.39 is 128 Å². The number of halogens is 2. The van der Waals surface area contributed by atoms with Crippen LogP contribution >= 0.6 is 11.8 Å². The van der Waals surface area contributed by atoms with Gasteiger partial charge in [-0.05, 0) is 59.0 Å². The van der Waals surface area contributed by atoms with Gasteiger partial charge in [0.1, 0.15) is 95.8 Å². The van der Waals surface area contributed by atoms with Crippen molar-refractivity contribution in [2.24, 2.45) is 0 Å². The third-order valence-corrected chi connectivity index (χ3v) is 15.5. The normalized spacial score (nSPS) is 24.1. The lowest BCUT2D eigenvalue weighted by molar-refractivity contribution is -0.196. The highest BCUT2D eigenvalue weighted by Gasteiger charge is 2.52. The van der Waals surface area contributed by atoms with Crippen molar-refractivity contribution in [3.8, 4) is 22.5 Å². The first kappa shape index (κ1) is 55.5. The van der Waals surface area contributed by atoms with E-state index in [4.69, 9.17) is 24.1 Å². The first-order chi connectivity index (χ1) is 38.6. The van der Waals surface area contributed by atoms with Gasteiger partial charge in [-0.25, -0.2) is 18.1 Å². The zero-order chi connectivity index (χ0) is 56.2. The number of ether oxygens (including phenoxy) is 4. The van der Waals surface area contributed by atoms with Crippen LogP contribution in [0.2, 0.25) is 0 Å². The number of esters is 2. The van der Waals surface area contributed by atoms with E-state index in [9.17, 15) is 53.2 Å². The van der Waals surface area contributed by atoms with E-state index in [1.807, 2.05) is 42.5 Å². The number of rotatable bonds is 19. The van der Waals surface area contributed by atoms with Gasteiger partial charge in [0.05, 0.1) is 43.9 Å². The van der Waals surface area contributed by atoms with Gasteiger partial charge in [0, 0.05) is 36.1 Å². The molecule has 4 aliphatic rings. The molecule has 6 N–H and O–H groups in total. The molecule has 22 nitrogen and oxygen atoms in total. The van der Waals surface area contributed by atoms with E-state index in [2.05, 4.69) is 32.0 Å². The number of benzene rings is 4. The standard InChI is InChI=1S/C55H54F2N8O14S/c56-32-10-5-8-29(21-32)38-25-64(61-59-38)48-50(72)41(27-76-46(70)17-15-43(66)58-20-19-44(67)63-24-31-7-1-2-12-34(31)36-23-37(36)35-13-3-4-14-40(35)63)78-54(52(48)74)80-55-53(75)49(51(73)42(79-55)28-77-47(71)18-16-45(68)69)65-26-39(60-62-65)30-9-6-11-33(57)22-30/h1-14,21-22,25-26,41-42,48-55,72-75H,15-20,23-24,27-28H2,(H,58,66)(H,68,69)/t41-,42-,48+,49+,50+,51+,52-,53-,54+,55+/m1/s1. The number of aromatic nitrogens is 6. The first-order valence-electron chi connectivity index (χ1n) is 25.6. The summed E-state index contributed by atoms with van der Waals surface area (Å²) in [7, 11) is 0. The van der Waals surface area contributed by atoms with Gasteiger partial charge in [0.2, 0.25) is 11.8 Å². The zero-order valence-corrected chi connectivity index (χ0v) is 43.3. The number of aliphatic hydroxyl groups excluding tert-OH is 4. The molecule has 2 aromatic heterocycles. The second-order valence-electron chi connectivity index (χ2n) is 19.5. The van der Waals surface area contributed by atoms with Crippen LogP contribution in [0.3, 0.4) is 0 Å². The number of carboxylic acids is 1. The number of carboxylic acid groups (broad SMARTS) is 1. The van der Waals surface area contributed by atoms with E-state index >= 15 is 0 Å². The topological polar surface area (TPSA) is 300 Å². The van der Waals surface area contributed by atoms with E-state index in [-0.39, 0.29) is 36.7 Å². The van der Waals surface area contributed by atoms with E-state index in [0.29, 0.717) is 29.4 Å². The third-order valence-electron chi connectivity index (χ3n) is 14.1. The average molecular weight is 1120 g/mol. The number of hydrogen-bond acceptors (Lipinski definition) is 18. The molecule has 2 amide bonds. The number of anilines is 1. The average Bonchev–Trinajstić information content (AvgIpc) is 3.79. The number of nitrogens with zero attached hydrogens (tertiary/aromatic N) is 7. The molecule has 0 radical (unpaired) electrons. The summed E-state index contributed by atoms with van der Waals surface area (Å²) < 4.78 is 53.9. The quantitative estimate of drug-likeness (QED) is 0.0625. The van der Waals surface area contributed by atoms with Crippen molar-refractivity contribution in [1.29, 1.82) is 0 Å². The van der Waals surface area contributed by atoms with Gasteiger partial charge in [-0.15, -0.1) is 10.2 Å². The Kier molecular flexibility index (Phi) is 16.9. The molecular weight excluding hydrogens is 1070 g/mol. The highest BCUT2D eigenvalue weighted by molar-refractivity contribution is 8.00. The fourth-order valence-corrected chi connectivity index (χ4v) is 11.3. The first-order valence-corrected chi connectivity index (χ1v) is 26.6. The van der Waals surface area contributed by atoms with E-state index in [0.717, 1.165) is 38.2 Å². The minimum absolute atomic E-state index is 0.0123. The van der Waals surface area contributed by atoms with Crippen LogP contribution < -0.4 is 10.2 Å². The molecule has 2 fully saturated rings. The van der Waals surface area contributed by atoms with Crippen LogP contribution in [0.15, 0.2) is 109 Å². The summed E-state index contributed by atoms with van der Waals surface area (Å²) in [5, 5.41) is 75.9. The van der Waals surface area contributed by atoms with Crippen LogP contribution in [0.25, 0.3) is 33.7 Å². The minimum atomic E-state index is -1.74. The highest BCUT2D eigenvalue weighted by Crippen LogP contribution is 2.52. The summed E-state index contributed by atoms with van der Waals surface area (Å²) in [6, 6.07) is 23.7. The smallest absolute Gasteiger partial charge is 0.306 e. The molecule has 418 valence electrons. The number of hydrogen-bond donors (Lipinski definition) is 6. The Balaban J connectivity index is 0.818. The predicted molar refractivity (Wildman–Crippen MR) is 279 cm³/mol. The molecule has 0 saturated carbocycles. The monoisotopic (exact) mass is 1120 g/mol. The molecule has 3 aliphatic heterocycles. The molecule has 1 aliphatic carbocycles. The maximum Gasteiger partial charge on any atom is 0.306 e. The Morgan fingerprint density at radius 2 is 1.16 bits per heavy atom. The number of allylic oxidation sites excluding steroid dienone is 2. The summed E-state index contributed by atoms with van der Waals surface area (Å²) in [6.07, 6.45) is -8.07. The summed E-state index contributed by atoms with van der Waals surface area (Å²) in [6.45, 7) is -0.964. The van der Waals surface area contributed by atoms with Gasteiger partial charge in [-0.1, -0.05) is 88.9 Å². The Labute approximate surface area is 458 Å². The van der Waals surface area contributed by atoms with Crippen molar-refractivity contribution >= 4 is 58.3 Å². The van der Waals surface area contributed by atoms with Crippen LogP contribution in [-0.4, -0.2) is 152 Å².